The molecule has 43 heavy (non-hydrogen) atoms. The molecule has 208 valence electrons. The van der Waals surface area contributed by atoms with E-state index in [0.29, 0.717) is 6.54 Å². The number of hydrogen-bond donors (Lipinski definition) is 2. The molecule has 2 N–H and O–H groups in total. The van der Waals surface area contributed by atoms with Crippen LogP contribution >= 0.6 is 0 Å². The highest BCUT2D eigenvalue weighted by molar-refractivity contribution is 6.12. The fourth-order valence-corrected chi connectivity index (χ4v) is 7.02. The third kappa shape index (κ3) is 3.71. The van der Waals surface area contributed by atoms with Gasteiger partial charge in [0.1, 0.15) is 17.4 Å². The van der Waals surface area contributed by atoms with Crippen LogP contribution in [0.1, 0.15) is 35.9 Å². The van der Waals surface area contributed by atoms with Crippen LogP contribution in [0.15, 0.2) is 138 Å². The Morgan fingerprint density at radius 3 is 2.60 bits per heavy atom. The maximum Gasteiger partial charge on any atom is 0.157 e. The van der Waals surface area contributed by atoms with Crippen molar-refractivity contribution in [2.24, 2.45) is 0 Å². The van der Waals surface area contributed by atoms with Gasteiger partial charge in [-0.25, -0.2) is 0 Å². The second-order valence-electron chi connectivity index (χ2n) is 11.4. The Hall–Kier alpha value is -5.42. The van der Waals surface area contributed by atoms with Crippen LogP contribution in [0.5, 0.6) is 0 Å². The third-order valence-electron chi connectivity index (χ3n) is 8.94. The molecule has 0 bridgehead atoms. The maximum absolute atomic E-state index is 6.68. The van der Waals surface area contributed by atoms with Crippen LogP contribution in [0.4, 0.5) is 28.4 Å². The molecular weight excluding hydrogens is 528 g/mol. The van der Waals surface area contributed by atoms with Gasteiger partial charge in [0.2, 0.25) is 0 Å². The van der Waals surface area contributed by atoms with Crippen molar-refractivity contribution in [1.82, 2.24) is 5.32 Å². The zero-order chi connectivity index (χ0) is 28.3. The molecule has 1 aromatic heterocycles. The van der Waals surface area contributed by atoms with Crippen molar-refractivity contribution < 1.29 is 4.42 Å². The highest BCUT2D eigenvalue weighted by Gasteiger charge is 2.36. The van der Waals surface area contributed by atoms with E-state index >= 15 is 0 Å². The minimum atomic E-state index is 0.0242. The van der Waals surface area contributed by atoms with Gasteiger partial charge in [0.15, 0.2) is 5.76 Å². The number of nitrogens with one attached hydrogen (secondary N) is 2. The molecule has 1 aliphatic carbocycles. The summed E-state index contributed by atoms with van der Waals surface area (Å²) in [6.07, 6.45) is 13.0. The van der Waals surface area contributed by atoms with E-state index in [0.717, 1.165) is 52.3 Å². The Kier molecular flexibility index (Phi) is 5.38. The molecule has 9 rings (SSSR count). The first-order chi connectivity index (χ1) is 21.3. The van der Waals surface area contributed by atoms with Gasteiger partial charge in [-0.15, -0.1) is 0 Å². The molecule has 1 unspecified atom stereocenters. The van der Waals surface area contributed by atoms with E-state index in [9.17, 15) is 0 Å². The van der Waals surface area contributed by atoms with Crippen LogP contribution in [0.2, 0.25) is 0 Å². The molecule has 0 saturated heterocycles. The standard InChI is InChI=1S/C38H30N4O/c1-3-11-25(12-4-1)38-40-32-23-27(19-20-34(32)42(38)26-13-5-2-6-14-26)41-33-17-9-7-15-29(33)28-21-22-39-24-31(28)37-36(41)30-16-8-10-18-35(30)43-37/h1-5,7-13,15-23,38-40H,6,14,24H2. The molecular formula is C38H30N4O. The van der Waals surface area contributed by atoms with E-state index in [-0.39, 0.29) is 6.17 Å². The average Bonchev–Trinajstić information content (AvgIpc) is 3.62. The van der Waals surface area contributed by atoms with E-state index in [1.807, 2.05) is 12.3 Å². The predicted octanol–water partition coefficient (Wildman–Crippen LogP) is 9.41. The Balaban J connectivity index is 1.26. The quantitative estimate of drug-likeness (QED) is 0.231. The second kappa shape index (κ2) is 9.57. The number of hydrogen-bond acceptors (Lipinski definition) is 5. The van der Waals surface area contributed by atoms with Crippen molar-refractivity contribution in [3.8, 4) is 0 Å². The summed E-state index contributed by atoms with van der Waals surface area (Å²) >= 11 is 0. The third-order valence-corrected chi connectivity index (χ3v) is 8.94. The number of rotatable bonds is 3. The van der Waals surface area contributed by atoms with E-state index in [2.05, 4.69) is 136 Å². The van der Waals surface area contributed by atoms with E-state index < -0.39 is 0 Å². The first kappa shape index (κ1) is 24.2. The lowest BCUT2D eigenvalue weighted by molar-refractivity contribution is 0.597. The summed E-state index contributed by atoms with van der Waals surface area (Å²) < 4.78 is 6.68. The lowest BCUT2D eigenvalue weighted by atomic mass is 9.96. The molecule has 4 aliphatic rings. The lowest BCUT2D eigenvalue weighted by Gasteiger charge is -2.30. The SMILES string of the molecule is C1=CCCC(N2c3ccc(N4c5ccccc5C5=C(CNC=C5)c5oc6ccccc6c54)cc3NC2c2ccccc2)=C1. The molecule has 4 aromatic carbocycles. The highest BCUT2D eigenvalue weighted by atomic mass is 16.3. The molecule has 5 aromatic rings. The van der Waals surface area contributed by atoms with E-state index in [1.54, 1.807) is 0 Å². The van der Waals surface area contributed by atoms with Gasteiger partial charge >= 0.3 is 0 Å². The van der Waals surface area contributed by atoms with Gasteiger partial charge in [-0.1, -0.05) is 72.8 Å². The summed E-state index contributed by atoms with van der Waals surface area (Å²) in [6, 6.07) is 34.7. The Morgan fingerprint density at radius 2 is 1.70 bits per heavy atom. The molecule has 3 aliphatic heterocycles. The number of para-hydroxylation sites is 2. The van der Waals surface area contributed by atoms with E-state index in [1.165, 1.54) is 33.7 Å². The molecule has 5 nitrogen and oxygen atoms in total. The number of fused-ring (bicyclic) bond motifs is 7. The summed E-state index contributed by atoms with van der Waals surface area (Å²) in [7, 11) is 0. The Bertz CT molecular complexity index is 2030. The number of benzene rings is 4. The number of nitrogens with zero attached hydrogens (tertiary/aromatic N) is 2. The van der Waals surface area contributed by atoms with Gasteiger partial charge in [0, 0.05) is 34.5 Å². The zero-order valence-electron chi connectivity index (χ0n) is 23.6. The number of furan rings is 1. The van der Waals surface area contributed by atoms with E-state index in [4.69, 9.17) is 4.42 Å². The number of dihydropyridines is 1. The lowest BCUT2D eigenvalue weighted by Crippen LogP contribution is -2.27. The summed E-state index contributed by atoms with van der Waals surface area (Å²) in [4.78, 5) is 4.87. The summed E-state index contributed by atoms with van der Waals surface area (Å²) in [5, 5.41) is 8.44. The van der Waals surface area contributed by atoms with Crippen molar-refractivity contribution in [3.05, 3.63) is 150 Å². The highest BCUT2D eigenvalue weighted by Crippen LogP contribution is 2.54. The summed E-state index contributed by atoms with van der Waals surface area (Å²) in [6.45, 7) is 0.712. The van der Waals surface area contributed by atoms with Crippen LogP contribution in [0, 0.1) is 0 Å². The van der Waals surface area contributed by atoms with Gasteiger partial charge < -0.3 is 24.9 Å². The average molecular weight is 559 g/mol. The summed E-state index contributed by atoms with van der Waals surface area (Å²) in [5.41, 5.74) is 12.7. The van der Waals surface area contributed by atoms with Crippen molar-refractivity contribution >= 4 is 50.6 Å². The number of anilines is 5. The van der Waals surface area contributed by atoms with Crippen LogP contribution in [-0.4, -0.2) is 6.54 Å². The van der Waals surface area contributed by atoms with Gasteiger partial charge in [-0.3, -0.25) is 0 Å². The molecule has 4 heterocycles. The smallest absolute Gasteiger partial charge is 0.157 e. The van der Waals surface area contributed by atoms with Crippen LogP contribution in [-0.2, 0) is 0 Å². The Labute approximate surface area is 250 Å². The fraction of sp³-hybridized carbons (Fsp3) is 0.105. The number of allylic oxidation sites excluding steroid dienone is 6. The van der Waals surface area contributed by atoms with Gasteiger partial charge in [-0.05, 0) is 78.7 Å². The molecule has 0 saturated carbocycles. The first-order valence-corrected chi connectivity index (χ1v) is 15.0. The second-order valence-corrected chi connectivity index (χ2v) is 11.4. The molecule has 0 radical (unpaired) electrons. The largest absolute Gasteiger partial charge is 0.454 e. The van der Waals surface area contributed by atoms with Crippen LogP contribution in [0.3, 0.4) is 0 Å². The van der Waals surface area contributed by atoms with Gasteiger partial charge in [0.25, 0.3) is 0 Å². The van der Waals surface area contributed by atoms with Crippen molar-refractivity contribution in [1.29, 1.82) is 0 Å². The van der Waals surface area contributed by atoms with Crippen molar-refractivity contribution in [3.63, 3.8) is 0 Å². The molecule has 0 fully saturated rings. The monoisotopic (exact) mass is 558 g/mol. The van der Waals surface area contributed by atoms with Gasteiger partial charge in [0.05, 0.1) is 17.1 Å². The van der Waals surface area contributed by atoms with Crippen LogP contribution < -0.4 is 20.4 Å². The first-order valence-electron chi connectivity index (χ1n) is 15.0. The topological polar surface area (TPSA) is 43.7 Å². The van der Waals surface area contributed by atoms with Gasteiger partial charge in [-0.2, -0.15) is 0 Å². The van der Waals surface area contributed by atoms with Crippen LogP contribution in [0.25, 0.3) is 22.1 Å². The normalized spacial score (nSPS) is 18.3. The maximum atomic E-state index is 6.68. The molecule has 1 atom stereocenters. The van der Waals surface area contributed by atoms with Crippen molar-refractivity contribution in [2.45, 2.75) is 19.0 Å². The Morgan fingerprint density at radius 1 is 0.837 bits per heavy atom. The minimum absolute atomic E-state index is 0.0242. The summed E-state index contributed by atoms with van der Waals surface area (Å²) in [5.74, 6) is 0.917. The molecule has 0 amide bonds. The predicted molar refractivity (Wildman–Crippen MR) is 177 cm³/mol. The molecule has 5 heteroatoms. The fourth-order valence-electron chi connectivity index (χ4n) is 7.02. The molecule has 0 spiro atoms. The minimum Gasteiger partial charge on any atom is -0.454 e. The zero-order valence-corrected chi connectivity index (χ0v) is 23.6. The van der Waals surface area contributed by atoms with Crippen molar-refractivity contribution in [2.75, 3.05) is 21.7 Å².